The maximum atomic E-state index is 10.3. The summed E-state index contributed by atoms with van der Waals surface area (Å²) in [5.74, 6) is 0.743. The van der Waals surface area contributed by atoms with Crippen molar-refractivity contribution in [3.05, 3.63) is 52.5 Å². The van der Waals surface area contributed by atoms with Gasteiger partial charge in [0.25, 0.3) is 0 Å². The van der Waals surface area contributed by atoms with Crippen molar-refractivity contribution in [3.63, 3.8) is 0 Å². The zero-order valence-corrected chi connectivity index (χ0v) is 12.3. The molecule has 0 saturated carbocycles. The van der Waals surface area contributed by atoms with E-state index in [-0.39, 0.29) is 0 Å². The highest BCUT2D eigenvalue weighted by molar-refractivity contribution is 6.30. The van der Waals surface area contributed by atoms with Crippen molar-refractivity contribution in [1.29, 1.82) is 0 Å². The van der Waals surface area contributed by atoms with Gasteiger partial charge in [0, 0.05) is 5.02 Å². The van der Waals surface area contributed by atoms with Crippen LogP contribution in [-0.2, 0) is 6.42 Å². The molecule has 1 nitrogen and oxygen atoms in total. The Kier molecular flexibility index (Phi) is 4.16. The Hall–Kier alpha value is -1.47. The van der Waals surface area contributed by atoms with Crippen molar-refractivity contribution >= 4 is 11.6 Å². The molecule has 0 aromatic heterocycles. The topological polar surface area (TPSA) is 20.2 Å². The summed E-state index contributed by atoms with van der Waals surface area (Å²) in [4.78, 5) is 0. The van der Waals surface area contributed by atoms with Crippen LogP contribution in [0.4, 0.5) is 0 Å². The summed E-state index contributed by atoms with van der Waals surface area (Å²) >= 11 is 5.92. The van der Waals surface area contributed by atoms with E-state index in [2.05, 4.69) is 32.9 Å². The van der Waals surface area contributed by atoms with Crippen LogP contribution >= 0.6 is 11.6 Å². The van der Waals surface area contributed by atoms with Crippen LogP contribution in [0.3, 0.4) is 0 Å². The first kappa shape index (κ1) is 14.0. The van der Waals surface area contributed by atoms with Gasteiger partial charge in [-0.15, -0.1) is 0 Å². The molecule has 2 rings (SSSR count). The van der Waals surface area contributed by atoms with Crippen LogP contribution in [0.25, 0.3) is 11.1 Å². The zero-order chi connectivity index (χ0) is 14.0. The van der Waals surface area contributed by atoms with E-state index in [0.29, 0.717) is 11.7 Å². The Labute approximate surface area is 119 Å². The lowest BCUT2D eigenvalue weighted by Crippen LogP contribution is -1.94. The largest absolute Gasteiger partial charge is 0.507 e. The SMILES string of the molecule is CCc1cc(-c2ccc(Cl)cc2)cc(C(C)C)c1O. The molecule has 0 aliphatic rings. The first-order chi connectivity index (χ1) is 9.02. The van der Waals surface area contributed by atoms with E-state index in [1.807, 2.05) is 24.3 Å². The van der Waals surface area contributed by atoms with Gasteiger partial charge in [-0.05, 0) is 58.9 Å². The van der Waals surface area contributed by atoms with Crippen LogP contribution in [0.2, 0.25) is 5.02 Å². The second-order valence-corrected chi connectivity index (χ2v) is 5.52. The molecule has 0 spiro atoms. The molecular formula is C17H19ClO. The van der Waals surface area contributed by atoms with Crippen molar-refractivity contribution in [2.24, 2.45) is 0 Å². The van der Waals surface area contributed by atoms with Crippen LogP contribution < -0.4 is 0 Å². The minimum atomic E-state index is 0.303. The zero-order valence-electron chi connectivity index (χ0n) is 11.6. The summed E-state index contributed by atoms with van der Waals surface area (Å²) < 4.78 is 0. The molecule has 0 amide bonds. The molecule has 0 bridgehead atoms. The Morgan fingerprint density at radius 1 is 1.05 bits per heavy atom. The number of phenolic OH excluding ortho intramolecular Hbond substituents is 1. The van der Waals surface area contributed by atoms with Gasteiger partial charge in [-0.3, -0.25) is 0 Å². The smallest absolute Gasteiger partial charge is 0.122 e. The van der Waals surface area contributed by atoms with E-state index in [9.17, 15) is 5.11 Å². The Bertz CT molecular complexity index is 571. The number of aromatic hydroxyl groups is 1. The van der Waals surface area contributed by atoms with E-state index >= 15 is 0 Å². The van der Waals surface area contributed by atoms with Gasteiger partial charge in [0.15, 0.2) is 0 Å². The molecule has 0 fully saturated rings. The van der Waals surface area contributed by atoms with Crippen molar-refractivity contribution in [2.45, 2.75) is 33.1 Å². The molecule has 2 aromatic carbocycles. The molecular weight excluding hydrogens is 256 g/mol. The summed E-state index contributed by atoms with van der Waals surface area (Å²) in [7, 11) is 0. The van der Waals surface area contributed by atoms with Gasteiger partial charge >= 0.3 is 0 Å². The van der Waals surface area contributed by atoms with Gasteiger partial charge in [-0.1, -0.05) is 44.5 Å². The lowest BCUT2D eigenvalue weighted by molar-refractivity contribution is 0.458. The number of aryl methyl sites for hydroxylation is 1. The van der Waals surface area contributed by atoms with E-state index in [1.54, 1.807) is 0 Å². The van der Waals surface area contributed by atoms with Crippen LogP contribution in [0.15, 0.2) is 36.4 Å². The number of phenols is 1. The van der Waals surface area contributed by atoms with E-state index in [4.69, 9.17) is 11.6 Å². The van der Waals surface area contributed by atoms with Crippen LogP contribution in [0.1, 0.15) is 37.8 Å². The third-order valence-corrected chi connectivity index (χ3v) is 3.65. The molecule has 0 aliphatic heterocycles. The average Bonchev–Trinajstić information content (AvgIpc) is 2.39. The molecule has 2 aromatic rings. The van der Waals surface area contributed by atoms with E-state index in [0.717, 1.165) is 33.7 Å². The second kappa shape index (κ2) is 5.66. The first-order valence-electron chi connectivity index (χ1n) is 6.64. The Morgan fingerprint density at radius 3 is 2.21 bits per heavy atom. The summed E-state index contributed by atoms with van der Waals surface area (Å²) in [5.41, 5.74) is 4.26. The highest BCUT2D eigenvalue weighted by atomic mass is 35.5. The van der Waals surface area contributed by atoms with Crippen LogP contribution in [0, 0.1) is 0 Å². The standard InChI is InChI=1S/C17H19ClO/c1-4-12-9-14(10-16(11(2)3)17(12)19)13-5-7-15(18)8-6-13/h5-11,19H,4H2,1-3H3. The first-order valence-corrected chi connectivity index (χ1v) is 7.02. The Balaban J connectivity index is 2.57. The second-order valence-electron chi connectivity index (χ2n) is 5.09. The van der Waals surface area contributed by atoms with Gasteiger partial charge in [0.2, 0.25) is 0 Å². The molecule has 0 heterocycles. The summed E-state index contributed by atoms with van der Waals surface area (Å²) in [5, 5.41) is 11.0. The number of rotatable bonds is 3. The fraction of sp³-hybridized carbons (Fsp3) is 0.294. The number of hydrogen-bond acceptors (Lipinski definition) is 1. The normalized spacial score (nSPS) is 11.0. The Morgan fingerprint density at radius 2 is 1.68 bits per heavy atom. The van der Waals surface area contributed by atoms with Gasteiger partial charge in [0.05, 0.1) is 0 Å². The minimum Gasteiger partial charge on any atom is -0.507 e. The fourth-order valence-corrected chi connectivity index (χ4v) is 2.36. The summed E-state index contributed by atoms with van der Waals surface area (Å²) in [6, 6.07) is 11.9. The lowest BCUT2D eigenvalue weighted by atomic mass is 9.92. The van der Waals surface area contributed by atoms with Crippen LogP contribution in [0.5, 0.6) is 5.75 Å². The predicted molar refractivity (Wildman–Crippen MR) is 82.0 cm³/mol. The molecule has 1 N–H and O–H groups in total. The molecule has 0 aliphatic carbocycles. The van der Waals surface area contributed by atoms with Gasteiger partial charge in [-0.25, -0.2) is 0 Å². The maximum absolute atomic E-state index is 10.3. The number of halogens is 1. The van der Waals surface area contributed by atoms with Gasteiger partial charge < -0.3 is 5.11 Å². The number of benzene rings is 2. The van der Waals surface area contributed by atoms with Crippen molar-refractivity contribution in [3.8, 4) is 16.9 Å². The third kappa shape index (κ3) is 2.93. The molecule has 2 heteroatoms. The molecule has 0 atom stereocenters. The predicted octanol–water partition coefficient (Wildman–Crippen LogP) is 5.40. The van der Waals surface area contributed by atoms with Gasteiger partial charge in [0.1, 0.15) is 5.75 Å². The van der Waals surface area contributed by atoms with Gasteiger partial charge in [-0.2, -0.15) is 0 Å². The minimum absolute atomic E-state index is 0.303. The van der Waals surface area contributed by atoms with Crippen molar-refractivity contribution in [2.75, 3.05) is 0 Å². The molecule has 0 unspecified atom stereocenters. The molecule has 19 heavy (non-hydrogen) atoms. The highest BCUT2D eigenvalue weighted by Crippen LogP contribution is 2.34. The summed E-state index contributed by atoms with van der Waals surface area (Å²) in [6.07, 6.45) is 0.826. The molecule has 0 radical (unpaired) electrons. The van der Waals surface area contributed by atoms with E-state index < -0.39 is 0 Å². The maximum Gasteiger partial charge on any atom is 0.122 e. The third-order valence-electron chi connectivity index (χ3n) is 3.40. The number of hydrogen-bond donors (Lipinski definition) is 1. The highest BCUT2D eigenvalue weighted by Gasteiger charge is 2.12. The molecule has 100 valence electrons. The van der Waals surface area contributed by atoms with Crippen LogP contribution in [-0.4, -0.2) is 5.11 Å². The van der Waals surface area contributed by atoms with Crippen molar-refractivity contribution < 1.29 is 5.11 Å². The monoisotopic (exact) mass is 274 g/mol. The molecule has 0 saturated heterocycles. The van der Waals surface area contributed by atoms with Crippen molar-refractivity contribution in [1.82, 2.24) is 0 Å². The fourth-order valence-electron chi connectivity index (χ4n) is 2.24. The average molecular weight is 275 g/mol. The quantitative estimate of drug-likeness (QED) is 0.795. The summed E-state index contributed by atoms with van der Waals surface area (Å²) in [6.45, 7) is 6.26. The lowest BCUT2D eigenvalue weighted by Gasteiger charge is -2.15. The van der Waals surface area contributed by atoms with E-state index in [1.165, 1.54) is 0 Å².